The van der Waals surface area contributed by atoms with E-state index < -0.39 is 5.60 Å². The third-order valence-electron chi connectivity index (χ3n) is 3.93. The average molecular weight is 308 g/mol. The van der Waals surface area contributed by atoms with E-state index in [1.807, 2.05) is 12.1 Å². The Morgan fingerprint density at radius 3 is 2.86 bits per heavy atom. The van der Waals surface area contributed by atoms with Crippen molar-refractivity contribution >= 4 is 23.4 Å². The standard InChI is InChI=1S/C16H24N2O2S/c1-3-18(14-7-5-4-6-13(14)2)10-9-17-15(19)16(20)8-11-21-12-16/h4-7,20H,3,8-12H2,1-2H3,(H,17,19). The highest BCUT2D eigenvalue weighted by Crippen LogP contribution is 2.27. The SMILES string of the molecule is CCN(CCNC(=O)C1(O)CCSC1)c1ccccc1C. The van der Waals surface area contributed by atoms with Gasteiger partial charge in [0.25, 0.3) is 5.91 Å². The number of likely N-dealkylation sites (N-methyl/N-ethyl adjacent to an activating group) is 1. The summed E-state index contributed by atoms with van der Waals surface area (Å²) in [6.07, 6.45) is 0.554. The third-order valence-corrected chi connectivity index (χ3v) is 5.10. The predicted octanol–water partition coefficient (Wildman–Crippen LogP) is 1.81. The molecule has 1 unspecified atom stereocenters. The lowest BCUT2D eigenvalue weighted by atomic mass is 10.0. The number of thioether (sulfide) groups is 1. The lowest BCUT2D eigenvalue weighted by Crippen LogP contribution is -2.48. The third kappa shape index (κ3) is 3.92. The first-order chi connectivity index (χ1) is 10.1. The van der Waals surface area contributed by atoms with Gasteiger partial charge in [-0.15, -0.1) is 0 Å². The van der Waals surface area contributed by atoms with E-state index in [1.54, 1.807) is 11.8 Å². The summed E-state index contributed by atoms with van der Waals surface area (Å²) in [7, 11) is 0. The van der Waals surface area contributed by atoms with Crippen LogP contribution < -0.4 is 10.2 Å². The van der Waals surface area contributed by atoms with Crippen LogP contribution in [0.5, 0.6) is 0 Å². The summed E-state index contributed by atoms with van der Waals surface area (Å²) in [5.41, 5.74) is 1.27. The van der Waals surface area contributed by atoms with Crippen LogP contribution in [0.4, 0.5) is 5.69 Å². The van der Waals surface area contributed by atoms with Crippen molar-refractivity contribution in [2.75, 3.05) is 36.0 Å². The maximum Gasteiger partial charge on any atom is 0.252 e. The Balaban J connectivity index is 1.87. The van der Waals surface area contributed by atoms with E-state index in [2.05, 4.69) is 36.2 Å². The fourth-order valence-corrected chi connectivity index (χ4v) is 3.81. The number of carbonyl (C=O) groups is 1. The molecule has 1 amide bonds. The van der Waals surface area contributed by atoms with Crippen LogP contribution in [0.15, 0.2) is 24.3 Å². The molecule has 2 rings (SSSR count). The number of nitrogens with zero attached hydrogens (tertiary/aromatic N) is 1. The molecule has 5 heteroatoms. The number of rotatable bonds is 6. The summed E-state index contributed by atoms with van der Waals surface area (Å²) in [4.78, 5) is 14.3. The van der Waals surface area contributed by atoms with E-state index in [9.17, 15) is 9.90 Å². The van der Waals surface area contributed by atoms with Gasteiger partial charge in [0.1, 0.15) is 0 Å². The molecule has 1 fully saturated rings. The van der Waals surface area contributed by atoms with Crippen LogP contribution in [0, 0.1) is 6.92 Å². The molecular formula is C16H24N2O2S. The van der Waals surface area contributed by atoms with Crippen LogP contribution in [0.2, 0.25) is 0 Å². The number of aliphatic hydroxyl groups is 1. The van der Waals surface area contributed by atoms with Gasteiger partial charge >= 0.3 is 0 Å². The highest BCUT2D eigenvalue weighted by Gasteiger charge is 2.39. The van der Waals surface area contributed by atoms with Crippen LogP contribution in [0.25, 0.3) is 0 Å². The average Bonchev–Trinajstić information content (AvgIpc) is 2.93. The lowest BCUT2D eigenvalue weighted by molar-refractivity contribution is -0.137. The molecule has 0 aromatic heterocycles. The maximum absolute atomic E-state index is 12.0. The molecule has 1 aromatic rings. The minimum atomic E-state index is -1.16. The van der Waals surface area contributed by atoms with Crippen LogP contribution in [-0.4, -0.2) is 47.8 Å². The lowest BCUT2D eigenvalue weighted by Gasteiger charge is -2.26. The first-order valence-corrected chi connectivity index (χ1v) is 8.61. The molecule has 1 saturated heterocycles. The molecule has 2 N–H and O–H groups in total. The zero-order valence-corrected chi connectivity index (χ0v) is 13.6. The van der Waals surface area contributed by atoms with Gasteiger partial charge in [-0.25, -0.2) is 0 Å². The summed E-state index contributed by atoms with van der Waals surface area (Å²) in [6.45, 7) is 6.38. The zero-order chi connectivity index (χ0) is 15.3. The molecule has 21 heavy (non-hydrogen) atoms. The highest BCUT2D eigenvalue weighted by molar-refractivity contribution is 7.99. The highest BCUT2D eigenvalue weighted by atomic mass is 32.2. The Hall–Kier alpha value is -1.20. The van der Waals surface area contributed by atoms with E-state index in [-0.39, 0.29) is 5.91 Å². The van der Waals surface area contributed by atoms with Crippen LogP contribution in [0.1, 0.15) is 18.9 Å². The fraction of sp³-hybridized carbons (Fsp3) is 0.562. The van der Waals surface area contributed by atoms with Crippen molar-refractivity contribution in [2.24, 2.45) is 0 Å². The Kier molecular flexibility index (Phi) is 5.53. The van der Waals surface area contributed by atoms with Crippen molar-refractivity contribution in [1.29, 1.82) is 0 Å². The van der Waals surface area contributed by atoms with Crippen molar-refractivity contribution in [2.45, 2.75) is 25.9 Å². The van der Waals surface area contributed by atoms with Gasteiger partial charge in [0, 0.05) is 31.1 Å². The van der Waals surface area contributed by atoms with E-state index in [1.165, 1.54) is 11.3 Å². The summed E-state index contributed by atoms with van der Waals surface area (Å²) >= 11 is 1.63. The van der Waals surface area contributed by atoms with Crippen molar-refractivity contribution in [3.8, 4) is 0 Å². The fourth-order valence-electron chi connectivity index (χ4n) is 2.57. The number of hydrogen-bond donors (Lipinski definition) is 2. The second-order valence-corrected chi connectivity index (χ2v) is 6.56. The quantitative estimate of drug-likeness (QED) is 0.841. The van der Waals surface area contributed by atoms with E-state index in [0.29, 0.717) is 18.7 Å². The largest absolute Gasteiger partial charge is 0.379 e. The van der Waals surface area contributed by atoms with Crippen LogP contribution in [0.3, 0.4) is 0 Å². The van der Waals surface area contributed by atoms with Gasteiger partial charge in [-0.1, -0.05) is 18.2 Å². The summed E-state index contributed by atoms with van der Waals surface area (Å²) in [5.74, 6) is 1.14. The summed E-state index contributed by atoms with van der Waals surface area (Å²) in [6, 6.07) is 8.25. The molecule has 0 bridgehead atoms. The molecule has 1 aliphatic rings. The Morgan fingerprint density at radius 2 is 2.24 bits per heavy atom. The number of carbonyl (C=O) groups excluding carboxylic acids is 1. The first kappa shape index (κ1) is 16.2. The van der Waals surface area contributed by atoms with Gasteiger partial charge < -0.3 is 15.3 Å². The van der Waals surface area contributed by atoms with Crippen LogP contribution in [-0.2, 0) is 4.79 Å². The van der Waals surface area contributed by atoms with E-state index in [4.69, 9.17) is 0 Å². The van der Waals surface area contributed by atoms with Gasteiger partial charge in [0.05, 0.1) is 0 Å². The van der Waals surface area contributed by atoms with Crippen LogP contribution >= 0.6 is 11.8 Å². The summed E-state index contributed by atoms with van der Waals surface area (Å²) < 4.78 is 0. The normalized spacial score (nSPS) is 21.3. The number of anilines is 1. The number of aryl methyl sites for hydroxylation is 1. The Morgan fingerprint density at radius 1 is 1.48 bits per heavy atom. The molecule has 1 aromatic carbocycles. The Labute approximate surface area is 130 Å². The maximum atomic E-state index is 12.0. The molecule has 0 aliphatic carbocycles. The van der Waals surface area contributed by atoms with E-state index >= 15 is 0 Å². The zero-order valence-electron chi connectivity index (χ0n) is 12.8. The molecule has 1 heterocycles. The predicted molar refractivity (Wildman–Crippen MR) is 89.0 cm³/mol. The Bertz CT molecular complexity index is 487. The number of nitrogens with one attached hydrogen (secondary N) is 1. The topological polar surface area (TPSA) is 52.6 Å². The minimum Gasteiger partial charge on any atom is -0.379 e. The van der Waals surface area contributed by atoms with Crippen molar-refractivity contribution in [3.05, 3.63) is 29.8 Å². The molecule has 4 nitrogen and oxygen atoms in total. The van der Waals surface area contributed by atoms with Crippen molar-refractivity contribution < 1.29 is 9.90 Å². The van der Waals surface area contributed by atoms with Gasteiger partial charge in [0.15, 0.2) is 5.60 Å². The molecule has 116 valence electrons. The second-order valence-electron chi connectivity index (χ2n) is 5.46. The number of hydrogen-bond acceptors (Lipinski definition) is 4. The van der Waals surface area contributed by atoms with Gasteiger partial charge in [0.2, 0.25) is 0 Å². The number of benzene rings is 1. The first-order valence-electron chi connectivity index (χ1n) is 7.46. The molecule has 1 atom stereocenters. The molecule has 1 aliphatic heterocycles. The summed E-state index contributed by atoms with van der Waals surface area (Å²) in [5, 5.41) is 13.1. The van der Waals surface area contributed by atoms with Gasteiger partial charge in [-0.3, -0.25) is 4.79 Å². The second kappa shape index (κ2) is 7.18. The van der Waals surface area contributed by atoms with Crippen molar-refractivity contribution in [3.63, 3.8) is 0 Å². The molecule has 0 spiro atoms. The molecule has 0 radical (unpaired) electrons. The smallest absolute Gasteiger partial charge is 0.252 e. The number of amides is 1. The van der Waals surface area contributed by atoms with Gasteiger partial charge in [-0.2, -0.15) is 11.8 Å². The van der Waals surface area contributed by atoms with Crippen molar-refractivity contribution in [1.82, 2.24) is 5.32 Å². The monoisotopic (exact) mass is 308 g/mol. The molecular weight excluding hydrogens is 284 g/mol. The number of para-hydroxylation sites is 1. The molecule has 0 saturated carbocycles. The van der Waals surface area contributed by atoms with E-state index in [0.717, 1.165) is 18.8 Å². The van der Waals surface area contributed by atoms with Gasteiger partial charge in [-0.05, 0) is 37.7 Å². The minimum absolute atomic E-state index is 0.228.